The van der Waals surface area contributed by atoms with Crippen LogP contribution in [0.3, 0.4) is 0 Å². The predicted octanol–water partition coefficient (Wildman–Crippen LogP) is -0.141. The summed E-state index contributed by atoms with van der Waals surface area (Å²) in [6, 6.07) is 0. The Balaban J connectivity index is 1.62. The lowest BCUT2D eigenvalue weighted by atomic mass is 10.0. The Labute approximate surface area is 60.4 Å². The van der Waals surface area contributed by atoms with Crippen molar-refractivity contribution in [2.24, 2.45) is 5.92 Å². The maximum atomic E-state index is 12.3. The molecule has 2 aliphatic heterocycles. The van der Waals surface area contributed by atoms with Crippen molar-refractivity contribution in [3.63, 3.8) is 0 Å². The number of halogens is 1. The van der Waals surface area contributed by atoms with Crippen LogP contribution in [0.4, 0.5) is 4.39 Å². The lowest BCUT2D eigenvalue weighted by Crippen LogP contribution is -2.55. The lowest BCUT2D eigenvalue weighted by Gasteiger charge is -2.39. The molecule has 0 spiro atoms. The third-order valence-corrected chi connectivity index (χ3v) is 2.30. The molecule has 0 unspecified atom stereocenters. The van der Waals surface area contributed by atoms with Crippen LogP contribution < -0.4 is 5.32 Å². The van der Waals surface area contributed by atoms with E-state index in [0.717, 1.165) is 25.6 Å². The van der Waals surface area contributed by atoms with Crippen molar-refractivity contribution in [3.05, 3.63) is 0 Å². The first kappa shape index (κ1) is 6.55. The minimum atomic E-state index is -0.534. The first-order valence-corrected chi connectivity index (χ1v) is 3.92. The average Bonchev–Trinajstić information content (AvgIpc) is 1.72. The topological polar surface area (TPSA) is 15.3 Å². The minimum absolute atomic E-state index is 0.534. The van der Waals surface area contributed by atoms with E-state index in [1.165, 1.54) is 0 Å². The van der Waals surface area contributed by atoms with Crippen molar-refractivity contribution >= 4 is 0 Å². The highest BCUT2D eigenvalue weighted by atomic mass is 19.1. The number of rotatable bonds is 2. The van der Waals surface area contributed by atoms with Gasteiger partial charge in [-0.1, -0.05) is 0 Å². The molecule has 0 bridgehead atoms. The SMILES string of the molecule is FC1CN(CC2CNC2)C1. The summed E-state index contributed by atoms with van der Waals surface area (Å²) in [5.41, 5.74) is 0. The van der Waals surface area contributed by atoms with Crippen molar-refractivity contribution in [2.75, 3.05) is 32.7 Å². The monoisotopic (exact) mass is 144 g/mol. The van der Waals surface area contributed by atoms with Gasteiger partial charge in [-0.05, 0) is 5.92 Å². The highest BCUT2D eigenvalue weighted by molar-refractivity contribution is 4.85. The zero-order valence-corrected chi connectivity index (χ0v) is 6.02. The zero-order valence-electron chi connectivity index (χ0n) is 6.02. The van der Waals surface area contributed by atoms with E-state index in [2.05, 4.69) is 10.2 Å². The van der Waals surface area contributed by atoms with Crippen molar-refractivity contribution < 1.29 is 4.39 Å². The van der Waals surface area contributed by atoms with Gasteiger partial charge in [0.05, 0.1) is 0 Å². The van der Waals surface area contributed by atoms with E-state index in [1.54, 1.807) is 0 Å². The summed E-state index contributed by atoms with van der Waals surface area (Å²) < 4.78 is 12.3. The molecule has 0 saturated carbocycles. The summed E-state index contributed by atoms with van der Waals surface area (Å²) in [5.74, 6) is 0.799. The Kier molecular flexibility index (Phi) is 1.62. The number of alkyl halides is 1. The molecule has 58 valence electrons. The van der Waals surface area contributed by atoms with Crippen LogP contribution in [0.2, 0.25) is 0 Å². The molecular formula is C7H13FN2. The largest absolute Gasteiger partial charge is 0.316 e. The van der Waals surface area contributed by atoms with E-state index in [-0.39, 0.29) is 0 Å². The lowest BCUT2D eigenvalue weighted by molar-refractivity contribution is 0.0436. The molecule has 0 aromatic heterocycles. The van der Waals surface area contributed by atoms with Crippen molar-refractivity contribution in [3.8, 4) is 0 Å². The Hall–Kier alpha value is -0.150. The molecule has 2 heterocycles. The first-order chi connectivity index (χ1) is 4.84. The highest BCUT2D eigenvalue weighted by Crippen LogP contribution is 2.14. The van der Waals surface area contributed by atoms with Crippen LogP contribution in [0.15, 0.2) is 0 Å². The normalized spacial score (nSPS) is 29.7. The molecule has 1 N–H and O–H groups in total. The van der Waals surface area contributed by atoms with E-state index in [0.29, 0.717) is 13.1 Å². The second kappa shape index (κ2) is 2.47. The van der Waals surface area contributed by atoms with Crippen LogP contribution in [0.1, 0.15) is 0 Å². The van der Waals surface area contributed by atoms with Gasteiger partial charge < -0.3 is 5.32 Å². The second-order valence-electron chi connectivity index (χ2n) is 3.34. The molecule has 0 aromatic carbocycles. The Morgan fingerprint density at radius 1 is 1.40 bits per heavy atom. The molecular weight excluding hydrogens is 131 g/mol. The smallest absolute Gasteiger partial charge is 0.125 e. The van der Waals surface area contributed by atoms with Crippen LogP contribution in [0.25, 0.3) is 0 Å². The van der Waals surface area contributed by atoms with Gasteiger partial charge in [0.1, 0.15) is 6.17 Å². The number of hydrogen-bond donors (Lipinski definition) is 1. The van der Waals surface area contributed by atoms with E-state index in [4.69, 9.17) is 0 Å². The highest BCUT2D eigenvalue weighted by Gasteiger charge is 2.29. The van der Waals surface area contributed by atoms with E-state index in [9.17, 15) is 4.39 Å². The Bertz CT molecular complexity index is 119. The molecule has 0 amide bonds. The van der Waals surface area contributed by atoms with Crippen LogP contribution >= 0.6 is 0 Å². The molecule has 2 saturated heterocycles. The molecule has 3 heteroatoms. The fourth-order valence-electron chi connectivity index (χ4n) is 1.50. The summed E-state index contributed by atoms with van der Waals surface area (Å²) in [5, 5.41) is 3.21. The van der Waals surface area contributed by atoms with Crippen LogP contribution in [-0.2, 0) is 0 Å². The van der Waals surface area contributed by atoms with Crippen LogP contribution in [0, 0.1) is 5.92 Å². The average molecular weight is 144 g/mol. The standard InChI is InChI=1S/C7H13FN2/c8-7-4-10(5-7)3-6-1-9-2-6/h6-7,9H,1-5H2. The third kappa shape index (κ3) is 1.16. The summed E-state index contributed by atoms with van der Waals surface area (Å²) in [4.78, 5) is 2.19. The molecule has 2 aliphatic rings. The number of nitrogens with zero attached hydrogens (tertiary/aromatic N) is 1. The van der Waals surface area contributed by atoms with E-state index in [1.807, 2.05) is 0 Å². The molecule has 2 fully saturated rings. The summed E-state index contributed by atoms with van der Waals surface area (Å²) >= 11 is 0. The van der Waals surface area contributed by atoms with Gasteiger partial charge in [-0.3, -0.25) is 4.90 Å². The van der Waals surface area contributed by atoms with Crippen molar-refractivity contribution in [1.82, 2.24) is 10.2 Å². The minimum Gasteiger partial charge on any atom is -0.316 e. The molecule has 2 rings (SSSR count). The van der Waals surface area contributed by atoms with Crippen LogP contribution in [-0.4, -0.2) is 43.8 Å². The maximum absolute atomic E-state index is 12.3. The molecule has 0 atom stereocenters. The predicted molar refractivity (Wildman–Crippen MR) is 37.7 cm³/mol. The van der Waals surface area contributed by atoms with Gasteiger partial charge in [0.2, 0.25) is 0 Å². The molecule has 0 aliphatic carbocycles. The number of hydrogen-bond acceptors (Lipinski definition) is 2. The van der Waals surface area contributed by atoms with Gasteiger partial charge in [-0.15, -0.1) is 0 Å². The van der Waals surface area contributed by atoms with Crippen LogP contribution in [0.5, 0.6) is 0 Å². The molecule has 10 heavy (non-hydrogen) atoms. The van der Waals surface area contributed by atoms with E-state index < -0.39 is 6.17 Å². The van der Waals surface area contributed by atoms with Gasteiger partial charge >= 0.3 is 0 Å². The van der Waals surface area contributed by atoms with Gasteiger partial charge in [0.25, 0.3) is 0 Å². The van der Waals surface area contributed by atoms with Gasteiger partial charge in [-0.25, -0.2) is 4.39 Å². The van der Waals surface area contributed by atoms with E-state index >= 15 is 0 Å². The van der Waals surface area contributed by atoms with Crippen molar-refractivity contribution in [1.29, 1.82) is 0 Å². The van der Waals surface area contributed by atoms with Gasteiger partial charge in [-0.2, -0.15) is 0 Å². The summed E-state index contributed by atoms with van der Waals surface area (Å²) in [6.45, 7) is 4.72. The molecule has 2 nitrogen and oxygen atoms in total. The summed E-state index contributed by atoms with van der Waals surface area (Å²) in [7, 11) is 0. The molecule has 0 aromatic rings. The Morgan fingerprint density at radius 3 is 2.50 bits per heavy atom. The van der Waals surface area contributed by atoms with Gasteiger partial charge in [0.15, 0.2) is 0 Å². The number of likely N-dealkylation sites (tertiary alicyclic amines) is 1. The molecule has 0 radical (unpaired) electrons. The number of nitrogens with one attached hydrogen (secondary N) is 1. The maximum Gasteiger partial charge on any atom is 0.125 e. The fourth-order valence-corrected chi connectivity index (χ4v) is 1.50. The quantitative estimate of drug-likeness (QED) is 0.580. The second-order valence-corrected chi connectivity index (χ2v) is 3.34. The third-order valence-electron chi connectivity index (χ3n) is 2.30. The fraction of sp³-hybridized carbons (Fsp3) is 1.00. The first-order valence-electron chi connectivity index (χ1n) is 3.92. The summed E-state index contributed by atoms with van der Waals surface area (Å²) in [6.07, 6.45) is -0.534. The van der Waals surface area contributed by atoms with Gasteiger partial charge in [0, 0.05) is 32.7 Å². The van der Waals surface area contributed by atoms with Crippen molar-refractivity contribution in [2.45, 2.75) is 6.17 Å². The zero-order chi connectivity index (χ0) is 6.97. The Morgan fingerprint density at radius 2 is 2.10 bits per heavy atom.